The Balaban J connectivity index is 1.47. The van der Waals surface area contributed by atoms with Gasteiger partial charge in [0.25, 0.3) is 0 Å². The maximum Gasteiger partial charge on any atom is 0.427 e. The number of ether oxygens (including phenoxy) is 1. The summed E-state index contributed by atoms with van der Waals surface area (Å²) < 4.78 is 50.8. The zero-order chi connectivity index (χ0) is 27.0. The van der Waals surface area contributed by atoms with Crippen molar-refractivity contribution < 1.29 is 17.9 Å². The van der Waals surface area contributed by atoms with Crippen LogP contribution in [0.25, 0.3) is 22.3 Å². The molecule has 0 atom stereocenters. The smallest absolute Gasteiger partial charge is 0.425 e. The Bertz CT molecular complexity index is 1180. The average molecular weight is 523 g/mol. The molecule has 4 heteroatoms. The first kappa shape index (κ1) is 28.3. The van der Waals surface area contributed by atoms with Crippen molar-refractivity contribution in [3.05, 3.63) is 77.1 Å². The molecule has 1 aliphatic heterocycles. The molecule has 3 aromatic rings. The second-order valence-electron chi connectivity index (χ2n) is 10.7. The van der Waals surface area contributed by atoms with Gasteiger partial charge in [0.15, 0.2) is 11.6 Å². The number of hydrogen-bond acceptors (Lipinski definition) is 1. The van der Waals surface area contributed by atoms with Gasteiger partial charge in [0.05, 0.1) is 5.56 Å². The SMILES string of the molecule is CCCCCCCCCCc1ccc2c(c1F)OC(F)(F)c1cc(-c3ccc(CCCCC)cc3)ccc1-2. The zero-order valence-corrected chi connectivity index (χ0v) is 22.9. The van der Waals surface area contributed by atoms with E-state index >= 15 is 13.2 Å². The van der Waals surface area contributed by atoms with Crippen LogP contribution >= 0.6 is 0 Å². The highest BCUT2D eigenvalue weighted by Crippen LogP contribution is 2.49. The molecule has 1 heterocycles. The molecule has 0 N–H and O–H groups in total. The van der Waals surface area contributed by atoms with Crippen LogP contribution in [-0.2, 0) is 19.0 Å². The van der Waals surface area contributed by atoms with Crippen molar-refractivity contribution in [2.75, 3.05) is 0 Å². The molecule has 0 saturated heterocycles. The minimum atomic E-state index is -3.60. The molecule has 204 valence electrons. The molecule has 38 heavy (non-hydrogen) atoms. The lowest BCUT2D eigenvalue weighted by atomic mass is 9.90. The van der Waals surface area contributed by atoms with Gasteiger partial charge in [-0.3, -0.25) is 0 Å². The Morgan fingerprint density at radius 2 is 1.21 bits per heavy atom. The highest BCUT2D eigenvalue weighted by molar-refractivity contribution is 5.80. The first-order valence-electron chi connectivity index (χ1n) is 14.6. The van der Waals surface area contributed by atoms with Gasteiger partial charge < -0.3 is 4.74 Å². The maximum absolute atomic E-state index is 15.3. The molecule has 0 amide bonds. The summed E-state index contributed by atoms with van der Waals surface area (Å²) >= 11 is 0. The van der Waals surface area contributed by atoms with Gasteiger partial charge in [0, 0.05) is 5.56 Å². The van der Waals surface area contributed by atoms with E-state index in [9.17, 15) is 0 Å². The fourth-order valence-corrected chi connectivity index (χ4v) is 5.38. The lowest BCUT2D eigenvalue weighted by molar-refractivity contribution is -0.188. The number of aryl methyl sites for hydroxylation is 2. The third-order valence-electron chi connectivity index (χ3n) is 7.69. The second kappa shape index (κ2) is 13.4. The number of alkyl halides is 2. The van der Waals surface area contributed by atoms with E-state index < -0.39 is 11.9 Å². The van der Waals surface area contributed by atoms with Gasteiger partial charge in [0.2, 0.25) is 0 Å². The van der Waals surface area contributed by atoms with E-state index in [2.05, 4.69) is 26.0 Å². The van der Waals surface area contributed by atoms with Crippen LogP contribution in [0.5, 0.6) is 5.75 Å². The second-order valence-corrected chi connectivity index (χ2v) is 10.7. The molecule has 0 unspecified atom stereocenters. The minimum Gasteiger partial charge on any atom is -0.425 e. The summed E-state index contributed by atoms with van der Waals surface area (Å²) in [5, 5.41) is 0. The fourth-order valence-electron chi connectivity index (χ4n) is 5.38. The molecule has 0 aliphatic carbocycles. The molecule has 0 aromatic heterocycles. The van der Waals surface area contributed by atoms with Crippen LogP contribution in [0.2, 0.25) is 0 Å². The number of rotatable bonds is 14. The summed E-state index contributed by atoms with van der Waals surface area (Å²) in [6.45, 7) is 4.39. The summed E-state index contributed by atoms with van der Waals surface area (Å²) in [5.41, 5.74) is 3.77. The van der Waals surface area contributed by atoms with Crippen molar-refractivity contribution in [2.45, 2.75) is 103 Å². The largest absolute Gasteiger partial charge is 0.427 e. The predicted octanol–water partition coefficient (Wildman–Crippen LogP) is 11.0. The van der Waals surface area contributed by atoms with Crippen molar-refractivity contribution >= 4 is 0 Å². The molecule has 0 radical (unpaired) electrons. The number of hydrogen-bond donors (Lipinski definition) is 0. The van der Waals surface area contributed by atoms with Gasteiger partial charge in [-0.2, -0.15) is 8.78 Å². The molecular weight excluding hydrogens is 481 g/mol. The van der Waals surface area contributed by atoms with Crippen LogP contribution in [0, 0.1) is 5.82 Å². The number of fused-ring (bicyclic) bond motifs is 3. The van der Waals surface area contributed by atoms with Gasteiger partial charge >= 0.3 is 6.11 Å². The van der Waals surface area contributed by atoms with Crippen LogP contribution in [0.3, 0.4) is 0 Å². The van der Waals surface area contributed by atoms with Crippen LogP contribution in [0.1, 0.15) is 101 Å². The number of benzene rings is 3. The van der Waals surface area contributed by atoms with Crippen LogP contribution in [-0.4, -0.2) is 0 Å². The van der Waals surface area contributed by atoms with E-state index in [4.69, 9.17) is 4.74 Å². The molecule has 1 nitrogen and oxygen atoms in total. The third-order valence-corrected chi connectivity index (χ3v) is 7.69. The summed E-state index contributed by atoms with van der Waals surface area (Å²) in [6, 6.07) is 16.6. The number of halogens is 3. The summed E-state index contributed by atoms with van der Waals surface area (Å²) in [4.78, 5) is 0. The number of unbranched alkanes of at least 4 members (excludes halogenated alkanes) is 9. The molecule has 0 bridgehead atoms. The Hall–Kier alpha value is -2.75. The quantitative estimate of drug-likeness (QED) is 0.191. The molecule has 0 fully saturated rings. The Morgan fingerprint density at radius 3 is 1.92 bits per heavy atom. The Morgan fingerprint density at radius 1 is 0.632 bits per heavy atom. The van der Waals surface area contributed by atoms with E-state index in [1.807, 2.05) is 18.2 Å². The van der Waals surface area contributed by atoms with E-state index in [1.165, 1.54) is 56.6 Å². The maximum atomic E-state index is 15.3. The highest BCUT2D eigenvalue weighted by Gasteiger charge is 2.43. The summed E-state index contributed by atoms with van der Waals surface area (Å²) in [7, 11) is 0. The van der Waals surface area contributed by atoms with Gasteiger partial charge in [-0.1, -0.05) is 120 Å². The molecular formula is C34H41F3O. The minimum absolute atomic E-state index is 0.218. The molecule has 4 rings (SSSR count). The van der Waals surface area contributed by atoms with Crippen molar-refractivity contribution in [1.82, 2.24) is 0 Å². The topological polar surface area (TPSA) is 9.23 Å². The first-order chi connectivity index (χ1) is 18.4. The highest BCUT2D eigenvalue weighted by atomic mass is 19.3. The van der Waals surface area contributed by atoms with Gasteiger partial charge in [0.1, 0.15) is 0 Å². The fraction of sp³-hybridized carbons (Fsp3) is 0.471. The molecule has 3 aromatic carbocycles. The normalized spacial score (nSPS) is 13.6. The van der Waals surface area contributed by atoms with Gasteiger partial charge in [-0.25, -0.2) is 4.39 Å². The van der Waals surface area contributed by atoms with Crippen molar-refractivity contribution in [3.8, 4) is 28.0 Å². The zero-order valence-electron chi connectivity index (χ0n) is 22.9. The van der Waals surface area contributed by atoms with Crippen LogP contribution in [0.15, 0.2) is 54.6 Å². The Labute approximate surface area is 226 Å². The molecule has 1 aliphatic rings. The predicted molar refractivity (Wildman–Crippen MR) is 151 cm³/mol. The summed E-state index contributed by atoms with van der Waals surface area (Å²) in [6.07, 6.45) is 10.7. The van der Waals surface area contributed by atoms with Crippen LogP contribution in [0.4, 0.5) is 13.2 Å². The van der Waals surface area contributed by atoms with Gasteiger partial charge in [-0.15, -0.1) is 0 Å². The van der Waals surface area contributed by atoms with Crippen molar-refractivity contribution in [3.63, 3.8) is 0 Å². The van der Waals surface area contributed by atoms with Crippen molar-refractivity contribution in [1.29, 1.82) is 0 Å². The van der Waals surface area contributed by atoms with Gasteiger partial charge in [-0.05, 0) is 59.6 Å². The third kappa shape index (κ3) is 6.81. The van der Waals surface area contributed by atoms with E-state index in [1.54, 1.807) is 18.2 Å². The monoisotopic (exact) mass is 522 g/mol. The molecule has 0 saturated carbocycles. The molecule has 0 spiro atoms. The standard InChI is InChI=1S/C34H41F3O/c1-3-5-7-8-9-10-11-13-15-27-20-23-30-29-22-21-28(24-31(29)34(36,37)38-33(30)32(27)35)26-18-16-25(17-19-26)14-12-6-4-2/h16-24H,3-15H2,1-2H3. The van der Waals surface area contributed by atoms with E-state index in [0.717, 1.165) is 37.7 Å². The van der Waals surface area contributed by atoms with Crippen molar-refractivity contribution in [2.24, 2.45) is 0 Å². The first-order valence-corrected chi connectivity index (χ1v) is 14.6. The van der Waals surface area contributed by atoms with E-state index in [0.29, 0.717) is 28.7 Å². The lowest BCUT2D eigenvalue weighted by Gasteiger charge is -2.29. The summed E-state index contributed by atoms with van der Waals surface area (Å²) in [5.74, 6) is -0.984. The van der Waals surface area contributed by atoms with E-state index in [-0.39, 0.29) is 11.3 Å². The lowest BCUT2D eigenvalue weighted by Crippen LogP contribution is -2.27. The van der Waals surface area contributed by atoms with Crippen LogP contribution < -0.4 is 4.74 Å². The average Bonchev–Trinajstić information content (AvgIpc) is 2.92. The Kier molecular flexibility index (Phi) is 9.93.